The molecule has 3 heterocycles. The van der Waals surface area contributed by atoms with Crippen molar-refractivity contribution in [2.45, 2.75) is 25.8 Å². The summed E-state index contributed by atoms with van der Waals surface area (Å²) in [7, 11) is 3.36. The summed E-state index contributed by atoms with van der Waals surface area (Å²) in [5.74, 6) is 0.125. The Labute approximate surface area is 223 Å². The van der Waals surface area contributed by atoms with Crippen molar-refractivity contribution in [1.82, 2.24) is 19.5 Å². The summed E-state index contributed by atoms with van der Waals surface area (Å²) in [5, 5.41) is 12.8. The molecule has 0 spiro atoms. The summed E-state index contributed by atoms with van der Waals surface area (Å²) in [6.07, 6.45) is 6.09. The first kappa shape index (κ1) is 25.3. The highest BCUT2D eigenvalue weighted by atomic mass is 35.5. The van der Waals surface area contributed by atoms with Crippen molar-refractivity contribution in [3.05, 3.63) is 82.6 Å². The number of benzene rings is 2. The van der Waals surface area contributed by atoms with Crippen LogP contribution in [0.2, 0.25) is 5.02 Å². The van der Waals surface area contributed by atoms with Crippen LogP contribution in [0, 0.1) is 0 Å². The third-order valence-corrected chi connectivity index (χ3v) is 6.57. The van der Waals surface area contributed by atoms with Crippen LogP contribution in [0.25, 0.3) is 33.3 Å². The highest BCUT2D eigenvalue weighted by molar-refractivity contribution is 6.31. The van der Waals surface area contributed by atoms with E-state index in [1.807, 2.05) is 38.4 Å². The molecule has 1 N–H and O–H groups in total. The number of anilines is 1. The first-order chi connectivity index (χ1) is 18.4. The van der Waals surface area contributed by atoms with E-state index in [0.717, 1.165) is 16.5 Å². The van der Waals surface area contributed by atoms with Gasteiger partial charge in [0.15, 0.2) is 0 Å². The van der Waals surface area contributed by atoms with Gasteiger partial charge in [-0.05, 0) is 42.3 Å². The average Bonchev–Trinajstić information content (AvgIpc) is 3.56. The van der Waals surface area contributed by atoms with Crippen molar-refractivity contribution in [2.75, 3.05) is 12.4 Å². The van der Waals surface area contributed by atoms with Crippen molar-refractivity contribution in [3.63, 3.8) is 0 Å². The normalized spacial score (nSPS) is 12.0. The van der Waals surface area contributed by atoms with E-state index in [4.69, 9.17) is 20.9 Å². The molecular formula is C28H26ClN5O4. The summed E-state index contributed by atoms with van der Waals surface area (Å²) in [6, 6.07) is 13.3. The summed E-state index contributed by atoms with van der Waals surface area (Å²) < 4.78 is 13.9. The van der Waals surface area contributed by atoms with Crippen LogP contribution in [-0.2, 0) is 11.8 Å². The minimum absolute atomic E-state index is 0.293. The molecule has 38 heavy (non-hydrogen) atoms. The van der Waals surface area contributed by atoms with Gasteiger partial charge in [0.05, 0.1) is 18.8 Å². The van der Waals surface area contributed by atoms with E-state index in [1.165, 1.54) is 24.0 Å². The zero-order valence-electron chi connectivity index (χ0n) is 21.1. The van der Waals surface area contributed by atoms with E-state index in [-0.39, 0.29) is 11.5 Å². The minimum Gasteiger partial charge on any atom is -0.495 e. The summed E-state index contributed by atoms with van der Waals surface area (Å²) in [5.41, 5.74) is 3.63. The third-order valence-electron chi connectivity index (χ3n) is 6.34. The van der Waals surface area contributed by atoms with Crippen LogP contribution in [0.15, 0.2) is 76.5 Å². The number of aryl methyl sites for hydroxylation is 1. The number of carbonyl (C=O) groups excluding carboxylic acids is 1. The first-order valence-electron chi connectivity index (χ1n) is 12.1. The number of hydrogen-bond donors (Lipinski definition) is 1. The maximum Gasteiger partial charge on any atom is 0.252 e. The molecule has 0 fully saturated rings. The van der Waals surface area contributed by atoms with Gasteiger partial charge < -0.3 is 14.6 Å². The SMILES string of the molecule is CCCC(C(=O)Nc1ccc2nn(C)cc2c1)n1cc(OC)c(-c2cc(Cl)ccc2-c2ccon2)cc1=O. The van der Waals surface area contributed by atoms with E-state index >= 15 is 0 Å². The Bertz CT molecular complexity index is 1670. The van der Waals surface area contributed by atoms with Gasteiger partial charge in [-0.3, -0.25) is 18.8 Å². The Morgan fingerprint density at radius 2 is 1.95 bits per heavy atom. The lowest BCUT2D eigenvalue weighted by atomic mass is 9.97. The van der Waals surface area contributed by atoms with Gasteiger partial charge in [-0.2, -0.15) is 5.10 Å². The number of amides is 1. The zero-order valence-corrected chi connectivity index (χ0v) is 21.9. The molecule has 5 aromatic rings. The van der Waals surface area contributed by atoms with Crippen molar-refractivity contribution in [1.29, 1.82) is 0 Å². The summed E-state index contributed by atoms with van der Waals surface area (Å²) >= 11 is 6.32. The maximum atomic E-state index is 13.5. The molecule has 9 nitrogen and oxygen atoms in total. The van der Waals surface area contributed by atoms with Crippen LogP contribution in [-0.4, -0.2) is 32.5 Å². The molecule has 3 aromatic heterocycles. The van der Waals surface area contributed by atoms with Gasteiger partial charge in [0, 0.05) is 52.6 Å². The lowest BCUT2D eigenvalue weighted by Gasteiger charge is -2.21. The molecule has 0 saturated carbocycles. The lowest BCUT2D eigenvalue weighted by Crippen LogP contribution is -2.33. The van der Waals surface area contributed by atoms with Gasteiger partial charge >= 0.3 is 0 Å². The fourth-order valence-electron chi connectivity index (χ4n) is 4.58. The number of ether oxygens (including phenoxy) is 1. The van der Waals surface area contributed by atoms with E-state index in [2.05, 4.69) is 15.6 Å². The maximum absolute atomic E-state index is 13.5. The molecule has 0 aliphatic carbocycles. The van der Waals surface area contributed by atoms with Gasteiger partial charge in [0.1, 0.15) is 23.7 Å². The van der Waals surface area contributed by atoms with Crippen molar-refractivity contribution >= 4 is 34.1 Å². The lowest BCUT2D eigenvalue weighted by molar-refractivity contribution is -0.119. The predicted molar refractivity (Wildman–Crippen MR) is 146 cm³/mol. The second kappa shape index (κ2) is 10.5. The predicted octanol–water partition coefficient (Wildman–Crippen LogP) is 5.70. The van der Waals surface area contributed by atoms with E-state index in [9.17, 15) is 9.59 Å². The molecule has 5 rings (SSSR count). The second-order valence-corrected chi connectivity index (χ2v) is 9.38. The van der Waals surface area contributed by atoms with Crippen LogP contribution in [0.3, 0.4) is 0 Å². The van der Waals surface area contributed by atoms with Gasteiger partial charge in [-0.15, -0.1) is 0 Å². The Morgan fingerprint density at radius 3 is 2.68 bits per heavy atom. The van der Waals surface area contributed by atoms with E-state index < -0.39 is 6.04 Å². The number of rotatable bonds is 8. The molecule has 1 unspecified atom stereocenters. The number of pyridine rings is 1. The number of fused-ring (bicyclic) bond motifs is 1. The first-order valence-corrected chi connectivity index (χ1v) is 12.5. The van der Waals surface area contributed by atoms with Gasteiger partial charge in [-0.25, -0.2) is 0 Å². The summed E-state index contributed by atoms with van der Waals surface area (Å²) in [6.45, 7) is 1.97. The average molecular weight is 532 g/mol. The Morgan fingerprint density at radius 1 is 1.11 bits per heavy atom. The molecule has 1 amide bonds. The number of nitrogens with zero attached hydrogens (tertiary/aromatic N) is 4. The standard InChI is InChI=1S/C28H26ClN5O4/c1-4-5-25(28(36)30-19-7-9-23-17(12-19)15-33(2)31-23)34-16-26(37-3)22(14-27(34)35)21-13-18(29)6-8-20(21)24-10-11-38-32-24/h6-16,25H,4-5H2,1-3H3,(H,30,36). The molecule has 0 aliphatic rings. The van der Waals surface area contributed by atoms with Crippen LogP contribution in [0.5, 0.6) is 5.75 Å². The molecule has 194 valence electrons. The number of nitrogens with one attached hydrogen (secondary N) is 1. The zero-order chi connectivity index (χ0) is 26.8. The van der Waals surface area contributed by atoms with Crippen molar-refractivity contribution in [2.24, 2.45) is 7.05 Å². The molecule has 0 aliphatic heterocycles. The largest absolute Gasteiger partial charge is 0.495 e. The van der Waals surface area contributed by atoms with Crippen LogP contribution in [0.1, 0.15) is 25.8 Å². The fraction of sp³-hybridized carbons (Fsp3) is 0.214. The Balaban J connectivity index is 1.53. The van der Waals surface area contributed by atoms with Gasteiger partial charge in [-0.1, -0.05) is 36.2 Å². The van der Waals surface area contributed by atoms with Crippen LogP contribution in [0.4, 0.5) is 5.69 Å². The van der Waals surface area contributed by atoms with Crippen molar-refractivity contribution < 1.29 is 14.1 Å². The van der Waals surface area contributed by atoms with E-state index in [1.54, 1.807) is 35.1 Å². The highest BCUT2D eigenvalue weighted by Gasteiger charge is 2.24. The molecule has 10 heteroatoms. The molecule has 0 bridgehead atoms. The van der Waals surface area contributed by atoms with E-state index in [0.29, 0.717) is 46.1 Å². The highest BCUT2D eigenvalue weighted by Crippen LogP contribution is 2.38. The van der Waals surface area contributed by atoms with Crippen molar-refractivity contribution in [3.8, 4) is 28.1 Å². The molecule has 0 saturated heterocycles. The smallest absolute Gasteiger partial charge is 0.252 e. The topological polar surface area (TPSA) is 104 Å². The number of carbonyl (C=O) groups is 1. The number of aromatic nitrogens is 4. The molecule has 2 aromatic carbocycles. The Kier molecular flexibility index (Phi) is 7.02. The summed E-state index contributed by atoms with van der Waals surface area (Å²) in [4.78, 5) is 26.9. The second-order valence-electron chi connectivity index (χ2n) is 8.95. The minimum atomic E-state index is -0.741. The monoisotopic (exact) mass is 531 g/mol. The molecule has 0 radical (unpaired) electrons. The number of methoxy groups -OCH3 is 1. The van der Waals surface area contributed by atoms with Gasteiger partial charge in [0.25, 0.3) is 5.56 Å². The van der Waals surface area contributed by atoms with Gasteiger partial charge in [0.2, 0.25) is 5.91 Å². The Hall–Kier alpha value is -4.37. The quantitative estimate of drug-likeness (QED) is 0.275. The number of halogens is 1. The van der Waals surface area contributed by atoms with Crippen LogP contribution < -0.4 is 15.6 Å². The molecular weight excluding hydrogens is 506 g/mol. The third kappa shape index (κ3) is 4.92. The fourth-order valence-corrected chi connectivity index (χ4v) is 4.75. The van der Waals surface area contributed by atoms with Crippen LogP contribution >= 0.6 is 11.6 Å². The molecule has 1 atom stereocenters. The number of hydrogen-bond acceptors (Lipinski definition) is 6.